The molecule has 0 atom stereocenters. The summed E-state index contributed by atoms with van der Waals surface area (Å²) in [6, 6.07) is 25.6. The Labute approximate surface area is 161 Å². The Kier molecular flexibility index (Phi) is 3.76. The van der Waals surface area contributed by atoms with Crippen LogP contribution in [0, 0.1) is 0 Å². The Morgan fingerprint density at radius 1 is 0.750 bits per heavy atom. The van der Waals surface area contributed by atoms with Gasteiger partial charge in [-0.3, -0.25) is 0 Å². The van der Waals surface area contributed by atoms with E-state index in [2.05, 4.69) is 29.6 Å². The van der Waals surface area contributed by atoms with E-state index in [1.165, 1.54) is 7.11 Å². The number of carbonyl (C=O) groups excluding carboxylic acids is 1. The molecule has 4 nitrogen and oxygen atoms in total. The fourth-order valence-electron chi connectivity index (χ4n) is 3.65. The molecule has 136 valence electrons. The predicted octanol–water partition coefficient (Wildman–Crippen LogP) is 6.27. The van der Waals surface area contributed by atoms with Crippen LogP contribution in [-0.4, -0.2) is 13.1 Å². The molecule has 0 aliphatic heterocycles. The maximum absolute atomic E-state index is 12.1. The minimum Gasteiger partial charge on any atom is -0.465 e. The summed E-state index contributed by atoms with van der Waals surface area (Å²) in [6.07, 6.45) is 0. The highest BCUT2D eigenvalue weighted by atomic mass is 16.5. The van der Waals surface area contributed by atoms with Crippen molar-refractivity contribution in [2.75, 3.05) is 12.4 Å². The van der Waals surface area contributed by atoms with Gasteiger partial charge in [0.2, 0.25) is 0 Å². The van der Waals surface area contributed by atoms with Crippen molar-refractivity contribution < 1.29 is 13.9 Å². The largest absolute Gasteiger partial charge is 0.465 e. The van der Waals surface area contributed by atoms with E-state index >= 15 is 0 Å². The number of nitrogens with one attached hydrogen (secondary N) is 1. The van der Waals surface area contributed by atoms with Crippen LogP contribution in [0.3, 0.4) is 0 Å². The lowest BCUT2D eigenvalue weighted by Crippen LogP contribution is -2.05. The number of methoxy groups -OCH3 is 1. The summed E-state index contributed by atoms with van der Waals surface area (Å²) in [5.41, 5.74) is 3.57. The molecule has 28 heavy (non-hydrogen) atoms. The van der Waals surface area contributed by atoms with Crippen LogP contribution in [-0.2, 0) is 4.74 Å². The second kappa shape index (κ2) is 6.43. The number of carbonyl (C=O) groups is 1. The molecule has 4 heteroatoms. The highest BCUT2D eigenvalue weighted by Gasteiger charge is 2.16. The van der Waals surface area contributed by atoms with Gasteiger partial charge in [-0.2, -0.15) is 0 Å². The molecule has 0 radical (unpaired) electrons. The van der Waals surface area contributed by atoms with Gasteiger partial charge < -0.3 is 14.5 Å². The molecule has 0 bridgehead atoms. The molecule has 1 N–H and O–H groups in total. The van der Waals surface area contributed by atoms with Gasteiger partial charge in [0.05, 0.1) is 24.0 Å². The van der Waals surface area contributed by atoms with E-state index in [1.807, 2.05) is 48.5 Å². The summed E-state index contributed by atoms with van der Waals surface area (Å²) >= 11 is 0. The lowest BCUT2D eigenvalue weighted by molar-refractivity contribution is 0.0602. The third-order valence-corrected chi connectivity index (χ3v) is 4.99. The van der Waals surface area contributed by atoms with Crippen LogP contribution in [0.1, 0.15) is 10.4 Å². The zero-order valence-electron chi connectivity index (χ0n) is 15.2. The molecular weight excluding hydrogens is 350 g/mol. The summed E-state index contributed by atoms with van der Waals surface area (Å²) in [6.45, 7) is 0. The van der Waals surface area contributed by atoms with Crippen molar-refractivity contribution >= 4 is 50.1 Å². The first-order chi connectivity index (χ1) is 13.8. The van der Waals surface area contributed by atoms with Gasteiger partial charge >= 0.3 is 5.97 Å². The molecule has 1 heterocycles. The smallest absolute Gasteiger partial charge is 0.339 e. The molecule has 0 amide bonds. The van der Waals surface area contributed by atoms with Crippen LogP contribution in [0.4, 0.5) is 11.4 Å². The Bertz CT molecular complexity index is 1350. The van der Waals surface area contributed by atoms with Crippen molar-refractivity contribution in [3.8, 4) is 0 Å². The standard InChI is InChI=1S/C24H17NO3/c1-27-24(26)19-9-4-5-11-20(19)25-21-12-6-10-17-18-14-13-15-7-2-3-8-16(15)22(18)28-23(17)21/h2-14,25H,1H3. The van der Waals surface area contributed by atoms with E-state index in [4.69, 9.17) is 9.15 Å². The average molecular weight is 367 g/mol. The maximum atomic E-state index is 12.1. The zero-order chi connectivity index (χ0) is 19.1. The van der Waals surface area contributed by atoms with Gasteiger partial charge in [-0.05, 0) is 29.7 Å². The van der Waals surface area contributed by atoms with Crippen LogP contribution in [0.2, 0.25) is 0 Å². The number of para-hydroxylation sites is 2. The third-order valence-electron chi connectivity index (χ3n) is 4.99. The van der Waals surface area contributed by atoms with Crippen molar-refractivity contribution in [3.05, 3.63) is 84.4 Å². The normalized spacial score (nSPS) is 11.2. The van der Waals surface area contributed by atoms with E-state index in [-0.39, 0.29) is 5.97 Å². The fraction of sp³-hybridized carbons (Fsp3) is 0.0417. The topological polar surface area (TPSA) is 51.5 Å². The molecular formula is C24H17NO3. The highest BCUT2D eigenvalue weighted by molar-refractivity contribution is 6.17. The number of hydrogen-bond acceptors (Lipinski definition) is 4. The van der Waals surface area contributed by atoms with E-state index in [9.17, 15) is 4.79 Å². The Balaban J connectivity index is 1.71. The highest BCUT2D eigenvalue weighted by Crippen LogP contribution is 2.38. The minimum atomic E-state index is -0.383. The molecule has 0 saturated heterocycles. The first-order valence-corrected chi connectivity index (χ1v) is 9.03. The molecule has 0 spiro atoms. The summed E-state index contributed by atoms with van der Waals surface area (Å²) in [7, 11) is 1.38. The van der Waals surface area contributed by atoms with Gasteiger partial charge in [0, 0.05) is 16.2 Å². The quantitative estimate of drug-likeness (QED) is 0.382. The van der Waals surface area contributed by atoms with Crippen LogP contribution in [0.5, 0.6) is 0 Å². The first-order valence-electron chi connectivity index (χ1n) is 9.03. The Morgan fingerprint density at radius 2 is 1.46 bits per heavy atom. The number of ether oxygens (including phenoxy) is 1. The SMILES string of the molecule is COC(=O)c1ccccc1Nc1cccc2c1oc1c3ccccc3ccc21. The molecule has 5 rings (SSSR count). The molecule has 1 aromatic heterocycles. The maximum Gasteiger partial charge on any atom is 0.339 e. The number of furan rings is 1. The van der Waals surface area contributed by atoms with Gasteiger partial charge in [0.25, 0.3) is 0 Å². The number of esters is 1. The fourth-order valence-corrected chi connectivity index (χ4v) is 3.65. The van der Waals surface area contributed by atoms with E-state index in [1.54, 1.807) is 6.07 Å². The number of hydrogen-bond donors (Lipinski definition) is 1. The molecule has 5 aromatic rings. The first kappa shape index (κ1) is 16.4. The van der Waals surface area contributed by atoms with Gasteiger partial charge in [-0.15, -0.1) is 0 Å². The van der Waals surface area contributed by atoms with Crippen LogP contribution >= 0.6 is 0 Å². The van der Waals surface area contributed by atoms with Gasteiger partial charge in [0.15, 0.2) is 5.58 Å². The average Bonchev–Trinajstić information content (AvgIpc) is 3.14. The molecule has 0 saturated carbocycles. The number of benzene rings is 4. The summed E-state index contributed by atoms with van der Waals surface area (Å²) < 4.78 is 11.2. The summed E-state index contributed by atoms with van der Waals surface area (Å²) in [5.74, 6) is -0.383. The molecule has 0 unspecified atom stereocenters. The molecule has 0 aliphatic carbocycles. The van der Waals surface area contributed by atoms with Crippen LogP contribution in [0.15, 0.2) is 83.3 Å². The van der Waals surface area contributed by atoms with Gasteiger partial charge in [0.1, 0.15) is 5.58 Å². The second-order valence-corrected chi connectivity index (χ2v) is 6.61. The third kappa shape index (κ3) is 2.50. The zero-order valence-corrected chi connectivity index (χ0v) is 15.2. The number of fused-ring (bicyclic) bond motifs is 5. The van der Waals surface area contributed by atoms with Gasteiger partial charge in [-0.25, -0.2) is 4.79 Å². The summed E-state index contributed by atoms with van der Waals surface area (Å²) in [5, 5.41) is 7.66. The van der Waals surface area contributed by atoms with E-state index < -0.39 is 0 Å². The van der Waals surface area contributed by atoms with Crippen LogP contribution in [0.25, 0.3) is 32.7 Å². The monoisotopic (exact) mass is 367 g/mol. The predicted molar refractivity (Wildman–Crippen MR) is 112 cm³/mol. The van der Waals surface area contributed by atoms with Crippen molar-refractivity contribution in [2.45, 2.75) is 0 Å². The molecule has 4 aromatic carbocycles. The minimum absolute atomic E-state index is 0.383. The number of rotatable bonds is 3. The Hall–Kier alpha value is -3.79. The molecule has 0 aliphatic rings. The van der Waals surface area contributed by atoms with Crippen molar-refractivity contribution in [2.24, 2.45) is 0 Å². The van der Waals surface area contributed by atoms with E-state index in [0.717, 1.165) is 38.4 Å². The van der Waals surface area contributed by atoms with E-state index in [0.29, 0.717) is 11.3 Å². The van der Waals surface area contributed by atoms with Crippen molar-refractivity contribution in [1.29, 1.82) is 0 Å². The lowest BCUT2D eigenvalue weighted by Gasteiger charge is -2.10. The van der Waals surface area contributed by atoms with Gasteiger partial charge in [-0.1, -0.05) is 54.6 Å². The Morgan fingerprint density at radius 3 is 2.36 bits per heavy atom. The second-order valence-electron chi connectivity index (χ2n) is 6.61. The van der Waals surface area contributed by atoms with Crippen LogP contribution < -0.4 is 5.32 Å². The number of anilines is 2. The molecule has 0 fully saturated rings. The van der Waals surface area contributed by atoms with Crippen molar-refractivity contribution in [3.63, 3.8) is 0 Å². The van der Waals surface area contributed by atoms with Crippen molar-refractivity contribution in [1.82, 2.24) is 0 Å². The summed E-state index contributed by atoms with van der Waals surface area (Å²) in [4.78, 5) is 12.1. The lowest BCUT2D eigenvalue weighted by atomic mass is 10.1.